The first-order chi connectivity index (χ1) is 15.0. The molecular formula is C21H23N7O3. The maximum absolute atomic E-state index is 12.4. The van der Waals surface area contributed by atoms with E-state index in [0.717, 1.165) is 32.5 Å². The molecule has 0 spiro atoms. The molecule has 1 aromatic heterocycles. The molecule has 0 bridgehead atoms. The summed E-state index contributed by atoms with van der Waals surface area (Å²) in [4.78, 5) is 38.0. The lowest BCUT2D eigenvalue weighted by molar-refractivity contribution is 0.0697. The number of benzene rings is 1. The van der Waals surface area contributed by atoms with Crippen LogP contribution in [0.4, 0.5) is 22.1 Å². The Morgan fingerprint density at radius 2 is 2.03 bits per heavy atom. The van der Waals surface area contributed by atoms with Gasteiger partial charge >= 0.3 is 12.0 Å². The fourth-order valence-electron chi connectivity index (χ4n) is 3.96. The van der Waals surface area contributed by atoms with Gasteiger partial charge in [-0.15, -0.1) is 0 Å². The summed E-state index contributed by atoms with van der Waals surface area (Å²) in [6.45, 7) is 2.92. The number of carboxylic acids is 1. The number of amides is 2. The number of nitriles is 1. The van der Waals surface area contributed by atoms with Crippen molar-refractivity contribution in [1.29, 1.82) is 5.26 Å². The van der Waals surface area contributed by atoms with E-state index in [1.54, 1.807) is 23.2 Å². The van der Waals surface area contributed by atoms with E-state index in [4.69, 9.17) is 5.11 Å². The Morgan fingerprint density at radius 3 is 2.68 bits per heavy atom. The number of urea groups is 1. The zero-order valence-electron chi connectivity index (χ0n) is 17.2. The molecular weight excluding hydrogens is 398 g/mol. The number of aromatic carboxylic acids is 1. The molecule has 4 rings (SSSR count). The molecule has 31 heavy (non-hydrogen) atoms. The zero-order chi connectivity index (χ0) is 22.0. The van der Waals surface area contributed by atoms with Crippen molar-refractivity contribution < 1.29 is 14.7 Å². The second kappa shape index (κ2) is 8.47. The van der Waals surface area contributed by atoms with Crippen LogP contribution >= 0.6 is 0 Å². The summed E-state index contributed by atoms with van der Waals surface area (Å²) >= 11 is 0. The van der Waals surface area contributed by atoms with Crippen LogP contribution in [-0.4, -0.2) is 76.1 Å². The number of hydrogen-bond donors (Lipinski definition) is 2. The Kier molecular flexibility index (Phi) is 5.58. The van der Waals surface area contributed by atoms with E-state index >= 15 is 0 Å². The number of hydrogen-bond acceptors (Lipinski definition) is 7. The first-order valence-electron chi connectivity index (χ1n) is 10.1. The molecule has 1 aromatic carbocycles. The quantitative estimate of drug-likeness (QED) is 0.752. The highest BCUT2D eigenvalue weighted by atomic mass is 16.4. The molecule has 2 saturated heterocycles. The van der Waals surface area contributed by atoms with E-state index < -0.39 is 5.97 Å². The van der Waals surface area contributed by atoms with Gasteiger partial charge in [-0.2, -0.15) is 5.26 Å². The van der Waals surface area contributed by atoms with Crippen molar-refractivity contribution in [3.8, 4) is 6.07 Å². The Balaban J connectivity index is 1.53. The van der Waals surface area contributed by atoms with Gasteiger partial charge < -0.3 is 25.1 Å². The van der Waals surface area contributed by atoms with Gasteiger partial charge in [-0.1, -0.05) is 0 Å². The summed E-state index contributed by atoms with van der Waals surface area (Å²) in [6.07, 6.45) is 3.46. The predicted molar refractivity (Wildman–Crippen MR) is 113 cm³/mol. The lowest BCUT2D eigenvalue weighted by atomic mass is 10.0. The molecule has 2 aromatic rings. The predicted octanol–water partition coefficient (Wildman–Crippen LogP) is 2.13. The third-order valence-electron chi connectivity index (χ3n) is 5.67. The first kappa shape index (κ1) is 20.4. The summed E-state index contributed by atoms with van der Waals surface area (Å²) in [6, 6.07) is 8.40. The summed E-state index contributed by atoms with van der Waals surface area (Å²) in [5.74, 6) is -0.0658. The molecule has 2 amide bonds. The molecule has 0 radical (unpaired) electrons. The molecule has 10 heteroatoms. The van der Waals surface area contributed by atoms with Crippen molar-refractivity contribution in [2.24, 2.45) is 0 Å². The standard InChI is InChI=1S/C21H23N7O3/c1-26-9-10-28(21(26)31)16-3-2-8-27(13-16)18-12-23-17(11-22)19(25-18)24-15-6-4-14(5-7-15)20(29)30/h4-7,12,16H,2-3,8-10,13H2,1H3,(H,24,25)(H,29,30)/t16-/m1/s1. The van der Waals surface area contributed by atoms with E-state index in [-0.39, 0.29) is 23.3 Å². The molecule has 2 fully saturated rings. The van der Waals surface area contributed by atoms with Gasteiger partial charge in [0.25, 0.3) is 0 Å². The third kappa shape index (κ3) is 4.21. The van der Waals surface area contributed by atoms with Crippen LogP contribution in [0, 0.1) is 11.3 Å². The minimum Gasteiger partial charge on any atom is -0.478 e. The van der Waals surface area contributed by atoms with E-state index in [2.05, 4.69) is 20.2 Å². The van der Waals surface area contributed by atoms with Crippen LogP contribution in [-0.2, 0) is 0 Å². The summed E-state index contributed by atoms with van der Waals surface area (Å²) in [5.41, 5.74) is 0.929. The van der Waals surface area contributed by atoms with Crippen molar-refractivity contribution in [2.45, 2.75) is 18.9 Å². The monoisotopic (exact) mass is 421 g/mol. The van der Waals surface area contributed by atoms with Crippen LogP contribution in [0.5, 0.6) is 0 Å². The smallest absolute Gasteiger partial charge is 0.335 e. The Hall–Kier alpha value is -3.87. The molecule has 0 saturated carbocycles. The molecule has 160 valence electrons. The van der Waals surface area contributed by atoms with Gasteiger partial charge in [-0.05, 0) is 37.1 Å². The average molecular weight is 421 g/mol. The number of piperidine rings is 1. The molecule has 2 aliphatic heterocycles. The van der Waals surface area contributed by atoms with Crippen LogP contribution in [0.3, 0.4) is 0 Å². The van der Waals surface area contributed by atoms with Crippen LogP contribution < -0.4 is 10.2 Å². The van der Waals surface area contributed by atoms with Crippen molar-refractivity contribution >= 4 is 29.3 Å². The van der Waals surface area contributed by atoms with Crippen molar-refractivity contribution in [3.63, 3.8) is 0 Å². The van der Waals surface area contributed by atoms with E-state index in [1.807, 2.05) is 18.0 Å². The lowest BCUT2D eigenvalue weighted by Crippen LogP contribution is -2.49. The first-order valence-corrected chi connectivity index (χ1v) is 10.1. The fourth-order valence-corrected chi connectivity index (χ4v) is 3.96. The van der Waals surface area contributed by atoms with Gasteiger partial charge in [-0.25, -0.2) is 19.6 Å². The van der Waals surface area contributed by atoms with Crippen molar-refractivity contribution in [2.75, 3.05) is 43.4 Å². The summed E-state index contributed by atoms with van der Waals surface area (Å²) in [5, 5.41) is 21.5. The molecule has 3 heterocycles. The average Bonchev–Trinajstić information content (AvgIpc) is 3.12. The number of carbonyl (C=O) groups is 2. The maximum atomic E-state index is 12.4. The van der Waals surface area contributed by atoms with E-state index in [9.17, 15) is 14.9 Å². The minimum absolute atomic E-state index is 0.0601. The number of nitrogens with zero attached hydrogens (tertiary/aromatic N) is 6. The Bertz CT molecular complexity index is 1030. The van der Waals surface area contributed by atoms with Gasteiger partial charge in [0.15, 0.2) is 11.5 Å². The highest BCUT2D eigenvalue weighted by molar-refractivity contribution is 5.88. The number of rotatable bonds is 5. The summed E-state index contributed by atoms with van der Waals surface area (Å²) < 4.78 is 0. The van der Waals surface area contributed by atoms with Crippen LogP contribution in [0.25, 0.3) is 0 Å². The fraction of sp³-hybridized carbons (Fsp3) is 0.381. The lowest BCUT2D eigenvalue weighted by Gasteiger charge is -2.37. The molecule has 0 unspecified atom stereocenters. The molecule has 2 N–H and O–H groups in total. The van der Waals surface area contributed by atoms with E-state index in [1.165, 1.54) is 12.1 Å². The van der Waals surface area contributed by atoms with Gasteiger partial charge in [0, 0.05) is 38.9 Å². The van der Waals surface area contributed by atoms with Gasteiger partial charge in [0.2, 0.25) is 0 Å². The SMILES string of the molecule is CN1CCN([C@@H]2CCCN(c3cnc(C#N)c(Nc4ccc(C(=O)O)cc4)n3)C2)C1=O. The summed E-state index contributed by atoms with van der Waals surface area (Å²) in [7, 11) is 1.82. The van der Waals surface area contributed by atoms with Gasteiger partial charge in [-0.3, -0.25) is 0 Å². The number of aromatic nitrogens is 2. The highest BCUT2D eigenvalue weighted by Gasteiger charge is 2.34. The van der Waals surface area contributed by atoms with Crippen LogP contribution in [0.15, 0.2) is 30.5 Å². The van der Waals surface area contributed by atoms with Crippen LogP contribution in [0.1, 0.15) is 28.9 Å². The van der Waals surface area contributed by atoms with Gasteiger partial charge in [0.1, 0.15) is 11.9 Å². The van der Waals surface area contributed by atoms with Crippen molar-refractivity contribution in [1.82, 2.24) is 19.8 Å². The number of nitrogens with one attached hydrogen (secondary N) is 1. The molecule has 2 aliphatic rings. The topological polar surface area (TPSA) is 126 Å². The second-order valence-corrected chi connectivity index (χ2v) is 7.68. The van der Waals surface area contributed by atoms with E-state index in [0.29, 0.717) is 23.9 Å². The Labute approximate surface area is 179 Å². The normalized spacial score (nSPS) is 18.8. The zero-order valence-corrected chi connectivity index (χ0v) is 17.2. The third-order valence-corrected chi connectivity index (χ3v) is 5.67. The second-order valence-electron chi connectivity index (χ2n) is 7.68. The molecule has 0 aliphatic carbocycles. The van der Waals surface area contributed by atoms with Crippen molar-refractivity contribution in [3.05, 3.63) is 41.7 Å². The molecule has 1 atom stereocenters. The van der Waals surface area contributed by atoms with Gasteiger partial charge in [0.05, 0.1) is 17.8 Å². The number of carboxylic acid groups (broad SMARTS) is 1. The minimum atomic E-state index is -1.01. The largest absolute Gasteiger partial charge is 0.478 e. The highest BCUT2D eigenvalue weighted by Crippen LogP contribution is 2.26. The Morgan fingerprint density at radius 1 is 1.26 bits per heavy atom. The maximum Gasteiger partial charge on any atom is 0.335 e. The number of likely N-dealkylation sites (N-methyl/N-ethyl adjacent to an activating group) is 1. The number of anilines is 3. The molecule has 10 nitrogen and oxygen atoms in total. The number of carbonyl (C=O) groups excluding carboxylic acids is 1. The van der Waals surface area contributed by atoms with Crippen LogP contribution in [0.2, 0.25) is 0 Å².